The smallest absolute Gasteiger partial charge is 0.326 e. The van der Waals surface area contributed by atoms with Crippen molar-refractivity contribution in [1.29, 1.82) is 0 Å². The number of carbonyl (C=O) groups excluding carboxylic acids is 1. The zero-order valence-corrected chi connectivity index (χ0v) is 13.3. The van der Waals surface area contributed by atoms with Gasteiger partial charge in [-0.1, -0.05) is 29.8 Å². The van der Waals surface area contributed by atoms with E-state index in [1.807, 2.05) is 31.2 Å². The van der Waals surface area contributed by atoms with E-state index in [9.17, 15) is 14.7 Å². The number of aryl methyl sites for hydroxylation is 1. The molecule has 0 bridgehead atoms. The van der Waals surface area contributed by atoms with Crippen LogP contribution in [0.3, 0.4) is 0 Å². The standard InChI is InChI=1S/C17H23NO4/c1-12-4-6-14(7-5-12)17(8-10-22-11-9-17)16(21)18(3)13(2)15(19)20/h4-7,13H,8-11H2,1-3H3,(H,19,20). The van der Waals surface area contributed by atoms with Gasteiger partial charge in [-0.15, -0.1) is 0 Å². The molecule has 1 aromatic rings. The van der Waals surface area contributed by atoms with Crippen molar-refractivity contribution in [2.75, 3.05) is 20.3 Å². The number of carboxylic acids is 1. The number of carbonyl (C=O) groups is 2. The molecule has 0 aliphatic carbocycles. The van der Waals surface area contributed by atoms with Crippen molar-refractivity contribution in [3.63, 3.8) is 0 Å². The summed E-state index contributed by atoms with van der Waals surface area (Å²) in [6.07, 6.45) is 1.15. The van der Waals surface area contributed by atoms with Crippen LogP contribution in [0.15, 0.2) is 24.3 Å². The quantitative estimate of drug-likeness (QED) is 0.923. The van der Waals surface area contributed by atoms with Crippen LogP contribution in [0.1, 0.15) is 30.9 Å². The van der Waals surface area contributed by atoms with Gasteiger partial charge >= 0.3 is 5.97 Å². The number of carboxylic acid groups (broad SMARTS) is 1. The van der Waals surface area contributed by atoms with Crippen LogP contribution in [0.25, 0.3) is 0 Å². The van der Waals surface area contributed by atoms with E-state index in [0.717, 1.165) is 11.1 Å². The van der Waals surface area contributed by atoms with Crippen LogP contribution >= 0.6 is 0 Å². The second kappa shape index (κ2) is 6.48. The van der Waals surface area contributed by atoms with Crippen LogP contribution in [-0.2, 0) is 19.7 Å². The topological polar surface area (TPSA) is 66.8 Å². The number of likely N-dealkylation sites (N-methyl/N-ethyl adjacent to an activating group) is 1. The van der Waals surface area contributed by atoms with E-state index < -0.39 is 17.4 Å². The SMILES string of the molecule is Cc1ccc(C2(C(=O)N(C)C(C)C(=O)O)CCOCC2)cc1. The summed E-state index contributed by atoms with van der Waals surface area (Å²) in [5.74, 6) is -1.14. The van der Waals surface area contributed by atoms with Crippen molar-refractivity contribution >= 4 is 11.9 Å². The van der Waals surface area contributed by atoms with Crippen LogP contribution < -0.4 is 0 Å². The van der Waals surface area contributed by atoms with Gasteiger partial charge in [-0.25, -0.2) is 4.79 Å². The molecule has 0 radical (unpaired) electrons. The minimum absolute atomic E-state index is 0.144. The van der Waals surface area contributed by atoms with Crippen molar-refractivity contribution < 1.29 is 19.4 Å². The van der Waals surface area contributed by atoms with Gasteiger partial charge in [-0.05, 0) is 32.3 Å². The van der Waals surface area contributed by atoms with Crippen molar-refractivity contribution in [3.8, 4) is 0 Å². The molecular weight excluding hydrogens is 282 g/mol. The third-order valence-corrected chi connectivity index (χ3v) is 4.62. The molecular formula is C17H23NO4. The lowest BCUT2D eigenvalue weighted by Crippen LogP contribution is -2.52. The zero-order chi connectivity index (χ0) is 16.3. The fourth-order valence-electron chi connectivity index (χ4n) is 2.90. The molecule has 1 fully saturated rings. The van der Waals surface area contributed by atoms with E-state index in [1.165, 1.54) is 11.8 Å². The average molecular weight is 305 g/mol. The first-order chi connectivity index (χ1) is 10.4. The van der Waals surface area contributed by atoms with Gasteiger partial charge in [-0.2, -0.15) is 0 Å². The lowest BCUT2D eigenvalue weighted by molar-refractivity contribution is -0.152. The van der Waals surface area contributed by atoms with Gasteiger partial charge in [0.2, 0.25) is 5.91 Å². The van der Waals surface area contributed by atoms with E-state index in [2.05, 4.69) is 0 Å². The molecule has 1 aromatic carbocycles. The number of benzene rings is 1. The Morgan fingerprint density at radius 2 is 1.77 bits per heavy atom. The number of nitrogens with zero attached hydrogens (tertiary/aromatic N) is 1. The molecule has 0 saturated carbocycles. The largest absolute Gasteiger partial charge is 0.480 e. The summed E-state index contributed by atoms with van der Waals surface area (Å²) < 4.78 is 5.42. The van der Waals surface area contributed by atoms with Gasteiger partial charge in [0.15, 0.2) is 0 Å². The minimum Gasteiger partial charge on any atom is -0.480 e. The Kier molecular flexibility index (Phi) is 4.86. The summed E-state index contributed by atoms with van der Waals surface area (Å²) in [6.45, 7) is 4.55. The zero-order valence-electron chi connectivity index (χ0n) is 13.3. The van der Waals surface area contributed by atoms with E-state index >= 15 is 0 Å². The monoisotopic (exact) mass is 305 g/mol. The predicted molar refractivity (Wildman–Crippen MR) is 82.8 cm³/mol. The maximum absolute atomic E-state index is 13.1. The first-order valence-electron chi connectivity index (χ1n) is 7.53. The predicted octanol–water partition coefficient (Wildman–Crippen LogP) is 1.97. The van der Waals surface area contributed by atoms with Crippen LogP contribution in [0.5, 0.6) is 0 Å². The van der Waals surface area contributed by atoms with Crippen LogP contribution in [0.4, 0.5) is 0 Å². The number of hydrogen-bond donors (Lipinski definition) is 1. The Morgan fingerprint density at radius 3 is 2.27 bits per heavy atom. The van der Waals surface area contributed by atoms with Crippen LogP contribution in [0.2, 0.25) is 0 Å². The molecule has 1 saturated heterocycles. The fourth-order valence-corrected chi connectivity index (χ4v) is 2.90. The van der Waals surface area contributed by atoms with Gasteiger partial charge in [0.25, 0.3) is 0 Å². The van der Waals surface area contributed by atoms with Crippen molar-refractivity contribution in [3.05, 3.63) is 35.4 Å². The summed E-state index contributed by atoms with van der Waals surface area (Å²) in [5.41, 5.74) is 1.38. The van der Waals surface area contributed by atoms with E-state index in [0.29, 0.717) is 26.1 Å². The van der Waals surface area contributed by atoms with Crippen molar-refractivity contribution in [2.24, 2.45) is 0 Å². The second-order valence-electron chi connectivity index (χ2n) is 5.99. The van der Waals surface area contributed by atoms with Gasteiger partial charge in [-0.3, -0.25) is 4.79 Å². The van der Waals surface area contributed by atoms with Crippen LogP contribution in [0, 0.1) is 6.92 Å². The molecule has 120 valence electrons. The molecule has 1 N–H and O–H groups in total. The Labute approximate surface area is 130 Å². The number of ether oxygens (including phenoxy) is 1. The van der Waals surface area contributed by atoms with E-state index in [4.69, 9.17) is 4.74 Å². The highest BCUT2D eigenvalue weighted by Crippen LogP contribution is 2.37. The second-order valence-corrected chi connectivity index (χ2v) is 5.99. The molecule has 1 atom stereocenters. The maximum atomic E-state index is 13.1. The summed E-state index contributed by atoms with van der Waals surface area (Å²) in [6, 6.07) is 7.06. The normalized spacial score (nSPS) is 18.5. The number of amides is 1. The number of hydrogen-bond acceptors (Lipinski definition) is 3. The fraction of sp³-hybridized carbons (Fsp3) is 0.529. The molecule has 1 unspecified atom stereocenters. The van der Waals surface area contributed by atoms with Gasteiger partial charge < -0.3 is 14.7 Å². The van der Waals surface area contributed by atoms with E-state index in [1.54, 1.807) is 7.05 Å². The lowest BCUT2D eigenvalue weighted by atomic mass is 9.72. The molecule has 5 heteroatoms. The third-order valence-electron chi connectivity index (χ3n) is 4.62. The first-order valence-corrected chi connectivity index (χ1v) is 7.53. The molecule has 1 amide bonds. The molecule has 0 spiro atoms. The van der Waals surface area contributed by atoms with Gasteiger partial charge in [0, 0.05) is 20.3 Å². The Bertz CT molecular complexity index is 546. The molecule has 0 aromatic heterocycles. The average Bonchev–Trinajstić information content (AvgIpc) is 2.53. The highest BCUT2D eigenvalue weighted by atomic mass is 16.5. The highest BCUT2D eigenvalue weighted by Gasteiger charge is 2.44. The maximum Gasteiger partial charge on any atom is 0.326 e. The molecule has 1 aliphatic heterocycles. The Hall–Kier alpha value is -1.88. The summed E-state index contributed by atoms with van der Waals surface area (Å²) in [4.78, 5) is 25.6. The van der Waals surface area contributed by atoms with Crippen molar-refractivity contribution in [2.45, 2.75) is 38.1 Å². The Balaban J connectivity index is 2.39. The molecule has 2 rings (SSSR count). The number of aliphatic carboxylic acids is 1. The third kappa shape index (κ3) is 2.99. The highest BCUT2D eigenvalue weighted by molar-refractivity contribution is 5.91. The van der Waals surface area contributed by atoms with Crippen molar-refractivity contribution in [1.82, 2.24) is 4.90 Å². The van der Waals surface area contributed by atoms with Gasteiger partial charge in [0.1, 0.15) is 6.04 Å². The summed E-state index contributed by atoms with van der Waals surface area (Å²) >= 11 is 0. The van der Waals surface area contributed by atoms with Crippen LogP contribution in [-0.4, -0.2) is 48.2 Å². The molecule has 1 heterocycles. The first kappa shape index (κ1) is 16.5. The van der Waals surface area contributed by atoms with Gasteiger partial charge in [0.05, 0.1) is 5.41 Å². The Morgan fingerprint density at radius 1 is 1.23 bits per heavy atom. The molecule has 22 heavy (non-hydrogen) atoms. The summed E-state index contributed by atoms with van der Waals surface area (Å²) in [5, 5.41) is 9.17. The minimum atomic E-state index is -0.998. The number of rotatable bonds is 4. The van der Waals surface area contributed by atoms with E-state index in [-0.39, 0.29) is 5.91 Å². The summed E-state index contributed by atoms with van der Waals surface area (Å²) in [7, 11) is 1.56. The lowest BCUT2D eigenvalue weighted by Gasteiger charge is -2.40. The molecule has 1 aliphatic rings. The molecule has 5 nitrogen and oxygen atoms in total.